The minimum atomic E-state index is -0.482. The highest BCUT2D eigenvalue weighted by atomic mass is 35.5. The Morgan fingerprint density at radius 2 is 2.00 bits per heavy atom. The molecule has 1 aliphatic rings. The molecule has 1 atom stereocenters. The second-order valence-corrected chi connectivity index (χ2v) is 5.89. The number of halogens is 3. The third-order valence-electron chi connectivity index (χ3n) is 3.71. The number of likely N-dealkylation sites (N-methyl/N-ethyl adjacent to an activating group) is 1. The second kappa shape index (κ2) is 5.32. The maximum atomic E-state index is 13.1. The Hall–Kier alpha value is -1.58. The van der Waals surface area contributed by atoms with Gasteiger partial charge in [0, 0.05) is 17.8 Å². The SMILES string of the molecule is CN1C(=O)Cc2cc(C(Cl)c3ccc(F)cc3Cl)ccc21. The Balaban J connectivity index is 1.98. The van der Waals surface area contributed by atoms with E-state index in [2.05, 4.69) is 0 Å². The maximum Gasteiger partial charge on any atom is 0.231 e. The van der Waals surface area contributed by atoms with Crippen LogP contribution in [0.1, 0.15) is 22.1 Å². The Kier molecular flexibility index (Phi) is 3.64. The van der Waals surface area contributed by atoms with Gasteiger partial charge in [0.25, 0.3) is 0 Å². The number of rotatable bonds is 2. The molecule has 0 saturated heterocycles. The van der Waals surface area contributed by atoms with Crippen LogP contribution < -0.4 is 4.90 Å². The van der Waals surface area contributed by atoms with Crippen LogP contribution in [0.25, 0.3) is 0 Å². The van der Waals surface area contributed by atoms with E-state index in [0.717, 1.165) is 16.8 Å². The highest BCUT2D eigenvalue weighted by Crippen LogP contribution is 2.37. The Morgan fingerprint density at radius 3 is 2.71 bits per heavy atom. The van der Waals surface area contributed by atoms with E-state index in [9.17, 15) is 9.18 Å². The molecule has 0 bridgehead atoms. The standard InChI is InChI=1S/C16H12Cl2FNO/c1-20-14-5-2-9(6-10(14)7-15(20)21)16(18)12-4-3-11(19)8-13(12)17/h2-6,8,16H,7H2,1H3. The third-order valence-corrected chi connectivity index (χ3v) is 4.52. The number of hydrogen-bond donors (Lipinski definition) is 0. The van der Waals surface area contributed by atoms with Crippen molar-refractivity contribution < 1.29 is 9.18 Å². The van der Waals surface area contributed by atoms with Crippen LogP contribution in [0.4, 0.5) is 10.1 Å². The fraction of sp³-hybridized carbons (Fsp3) is 0.188. The summed E-state index contributed by atoms with van der Waals surface area (Å²) in [6.45, 7) is 0. The van der Waals surface area contributed by atoms with Gasteiger partial charge < -0.3 is 4.90 Å². The van der Waals surface area contributed by atoms with Crippen molar-refractivity contribution >= 4 is 34.8 Å². The van der Waals surface area contributed by atoms with E-state index in [1.165, 1.54) is 12.1 Å². The van der Waals surface area contributed by atoms with Crippen molar-refractivity contribution in [3.8, 4) is 0 Å². The maximum absolute atomic E-state index is 13.1. The average molecular weight is 324 g/mol. The molecule has 2 aromatic carbocycles. The minimum Gasteiger partial charge on any atom is -0.315 e. The number of benzene rings is 2. The fourth-order valence-electron chi connectivity index (χ4n) is 2.53. The van der Waals surface area contributed by atoms with Crippen molar-refractivity contribution in [2.24, 2.45) is 0 Å². The first kappa shape index (κ1) is 14.4. The van der Waals surface area contributed by atoms with Crippen molar-refractivity contribution in [1.82, 2.24) is 0 Å². The molecule has 0 radical (unpaired) electrons. The molecule has 1 unspecified atom stereocenters. The molecule has 2 nitrogen and oxygen atoms in total. The van der Waals surface area contributed by atoms with Crippen LogP contribution in [0, 0.1) is 5.82 Å². The van der Waals surface area contributed by atoms with Crippen molar-refractivity contribution in [2.75, 3.05) is 11.9 Å². The highest BCUT2D eigenvalue weighted by molar-refractivity contribution is 6.33. The van der Waals surface area contributed by atoms with Gasteiger partial charge in [0.2, 0.25) is 5.91 Å². The summed E-state index contributed by atoms with van der Waals surface area (Å²) in [5.41, 5.74) is 3.34. The van der Waals surface area contributed by atoms with Gasteiger partial charge in [-0.15, -0.1) is 11.6 Å². The summed E-state index contributed by atoms with van der Waals surface area (Å²) in [5, 5.41) is -0.187. The first-order valence-corrected chi connectivity index (χ1v) is 7.27. The number of alkyl halides is 1. The van der Waals surface area contributed by atoms with E-state index in [1.54, 1.807) is 18.0 Å². The summed E-state index contributed by atoms with van der Waals surface area (Å²) in [6, 6.07) is 9.82. The zero-order valence-corrected chi connectivity index (χ0v) is 12.7. The van der Waals surface area contributed by atoms with Crippen molar-refractivity contribution in [3.05, 3.63) is 63.9 Å². The van der Waals surface area contributed by atoms with E-state index in [0.29, 0.717) is 17.0 Å². The number of carbonyl (C=O) groups is 1. The first-order valence-electron chi connectivity index (χ1n) is 6.46. The van der Waals surface area contributed by atoms with Gasteiger partial charge in [0.15, 0.2) is 0 Å². The zero-order valence-electron chi connectivity index (χ0n) is 11.2. The molecule has 1 heterocycles. The van der Waals surface area contributed by atoms with E-state index in [-0.39, 0.29) is 5.91 Å². The number of anilines is 1. The molecule has 0 N–H and O–H groups in total. The number of amides is 1. The Bertz CT molecular complexity index is 732. The summed E-state index contributed by atoms with van der Waals surface area (Å²) >= 11 is 12.5. The monoisotopic (exact) mass is 323 g/mol. The van der Waals surface area contributed by atoms with Crippen LogP contribution in [0.5, 0.6) is 0 Å². The topological polar surface area (TPSA) is 20.3 Å². The summed E-state index contributed by atoms with van der Waals surface area (Å²) < 4.78 is 13.1. The normalized spacial score (nSPS) is 15.2. The van der Waals surface area contributed by atoms with Crippen molar-refractivity contribution in [1.29, 1.82) is 0 Å². The molecule has 0 aliphatic carbocycles. The number of fused-ring (bicyclic) bond motifs is 1. The average Bonchev–Trinajstić information content (AvgIpc) is 2.73. The molecule has 21 heavy (non-hydrogen) atoms. The largest absolute Gasteiger partial charge is 0.315 e. The first-order chi connectivity index (χ1) is 9.97. The molecule has 0 saturated carbocycles. The lowest BCUT2D eigenvalue weighted by Crippen LogP contribution is -2.20. The lowest BCUT2D eigenvalue weighted by molar-refractivity contribution is -0.117. The molecule has 0 aromatic heterocycles. The third kappa shape index (κ3) is 2.52. The molecular formula is C16H12Cl2FNO. The van der Waals surface area contributed by atoms with Crippen molar-refractivity contribution in [3.63, 3.8) is 0 Å². The molecular weight excluding hydrogens is 312 g/mol. The molecule has 1 amide bonds. The summed E-state index contributed by atoms with van der Waals surface area (Å²) in [4.78, 5) is 13.3. The Labute approximate surface area is 132 Å². The van der Waals surface area contributed by atoms with Gasteiger partial charge in [-0.3, -0.25) is 4.79 Å². The summed E-state index contributed by atoms with van der Waals surface area (Å²) in [6.07, 6.45) is 0.375. The zero-order chi connectivity index (χ0) is 15.1. The smallest absolute Gasteiger partial charge is 0.231 e. The molecule has 0 spiro atoms. The van der Waals surface area contributed by atoms with Gasteiger partial charge in [0.05, 0.1) is 11.8 Å². The summed E-state index contributed by atoms with van der Waals surface area (Å²) in [5.74, 6) is -0.332. The van der Waals surface area contributed by atoms with E-state index in [4.69, 9.17) is 23.2 Å². The van der Waals surface area contributed by atoms with Gasteiger partial charge in [-0.05, 0) is 34.9 Å². The lowest BCUT2D eigenvalue weighted by atomic mass is 10.0. The predicted molar refractivity (Wildman–Crippen MR) is 82.7 cm³/mol. The minimum absolute atomic E-state index is 0.0630. The quantitative estimate of drug-likeness (QED) is 0.753. The van der Waals surface area contributed by atoms with Gasteiger partial charge >= 0.3 is 0 Å². The summed E-state index contributed by atoms with van der Waals surface area (Å²) in [7, 11) is 1.75. The van der Waals surface area contributed by atoms with Crippen LogP contribution in [-0.2, 0) is 11.2 Å². The molecule has 0 fully saturated rings. The van der Waals surface area contributed by atoms with Crippen LogP contribution >= 0.6 is 23.2 Å². The Morgan fingerprint density at radius 1 is 1.24 bits per heavy atom. The fourth-order valence-corrected chi connectivity index (χ4v) is 3.19. The van der Waals surface area contributed by atoms with Crippen molar-refractivity contribution in [2.45, 2.75) is 11.8 Å². The van der Waals surface area contributed by atoms with Crippen LogP contribution in [-0.4, -0.2) is 13.0 Å². The number of nitrogens with zero attached hydrogens (tertiary/aromatic N) is 1. The van der Waals surface area contributed by atoms with Gasteiger partial charge in [-0.2, -0.15) is 0 Å². The molecule has 3 rings (SSSR count). The van der Waals surface area contributed by atoms with E-state index < -0.39 is 11.2 Å². The number of carbonyl (C=O) groups excluding carboxylic acids is 1. The van der Waals surface area contributed by atoms with Crippen LogP contribution in [0.2, 0.25) is 5.02 Å². The predicted octanol–water partition coefficient (Wildman–Crippen LogP) is 4.33. The lowest BCUT2D eigenvalue weighted by Gasteiger charge is -2.15. The van der Waals surface area contributed by atoms with E-state index in [1.807, 2.05) is 18.2 Å². The van der Waals surface area contributed by atoms with Gasteiger partial charge in [-0.25, -0.2) is 4.39 Å². The van der Waals surface area contributed by atoms with Gasteiger partial charge in [0.1, 0.15) is 5.82 Å². The molecule has 2 aromatic rings. The molecule has 1 aliphatic heterocycles. The van der Waals surface area contributed by atoms with E-state index >= 15 is 0 Å². The molecule has 108 valence electrons. The number of hydrogen-bond acceptors (Lipinski definition) is 1. The second-order valence-electron chi connectivity index (χ2n) is 5.05. The van der Waals surface area contributed by atoms with Crippen LogP contribution in [0.15, 0.2) is 36.4 Å². The van der Waals surface area contributed by atoms with Crippen LogP contribution in [0.3, 0.4) is 0 Å². The van der Waals surface area contributed by atoms with Gasteiger partial charge in [-0.1, -0.05) is 29.8 Å². The highest BCUT2D eigenvalue weighted by Gasteiger charge is 2.25. The molecule has 5 heteroatoms.